The van der Waals surface area contributed by atoms with Crippen LogP contribution in [0.1, 0.15) is 20.8 Å². The Morgan fingerprint density at radius 3 is 2.07 bits per heavy atom. The van der Waals surface area contributed by atoms with Crippen molar-refractivity contribution in [1.29, 1.82) is 0 Å². The van der Waals surface area contributed by atoms with Crippen molar-refractivity contribution in [3.8, 4) is 0 Å². The number of hydrogen-bond donors (Lipinski definition) is 2. The van der Waals surface area contributed by atoms with Gasteiger partial charge >= 0.3 is 6.09 Å². The van der Waals surface area contributed by atoms with Gasteiger partial charge in [0.25, 0.3) is 8.32 Å². The first kappa shape index (κ1) is 22.5. The van der Waals surface area contributed by atoms with Crippen LogP contribution in [0.2, 0.25) is 5.04 Å². The van der Waals surface area contributed by atoms with Crippen LogP contribution in [-0.2, 0) is 9.16 Å². The van der Waals surface area contributed by atoms with E-state index >= 15 is 0 Å². The highest BCUT2D eigenvalue weighted by Crippen LogP contribution is 2.37. The monoisotopic (exact) mass is 429 g/mol. The van der Waals surface area contributed by atoms with E-state index in [1.165, 1.54) is 4.90 Å². The van der Waals surface area contributed by atoms with Gasteiger partial charge < -0.3 is 19.4 Å². The summed E-state index contributed by atoms with van der Waals surface area (Å²) in [6.07, 6.45) is -1.52. The lowest BCUT2D eigenvalue weighted by Gasteiger charge is -2.45. The fourth-order valence-corrected chi connectivity index (χ4v) is 8.82. The summed E-state index contributed by atoms with van der Waals surface area (Å²) in [6, 6.07) is 20.1. The molecule has 3 rings (SSSR count). The van der Waals surface area contributed by atoms with Crippen LogP contribution in [0, 0.1) is 0 Å². The standard InChI is InChI=1S/C23H31NO5Si/c1-23(2,3)30(20-10-6-4-7-11-20,21-12-8-5-9-13-21)29-17-18-16-28-19(15-25)14-24(18)22(26)27/h4-13,18-19,25H,14-17H2,1-3H3,(H,26,27)/t18-,19+/m0/s1. The Morgan fingerprint density at radius 2 is 1.63 bits per heavy atom. The Hall–Kier alpha value is -2.19. The van der Waals surface area contributed by atoms with Crippen LogP contribution in [-0.4, -0.2) is 68.0 Å². The molecule has 1 aliphatic rings. The first-order valence-corrected chi connectivity index (χ1v) is 12.2. The number of nitrogens with zero attached hydrogens (tertiary/aromatic N) is 1. The number of aliphatic hydroxyl groups is 1. The van der Waals surface area contributed by atoms with Crippen molar-refractivity contribution in [2.45, 2.75) is 38.0 Å². The maximum atomic E-state index is 11.8. The van der Waals surface area contributed by atoms with Gasteiger partial charge in [-0.3, -0.25) is 4.90 Å². The van der Waals surface area contributed by atoms with Crippen molar-refractivity contribution in [2.24, 2.45) is 0 Å². The van der Waals surface area contributed by atoms with Crippen LogP contribution in [0.4, 0.5) is 4.79 Å². The predicted molar refractivity (Wildman–Crippen MR) is 119 cm³/mol. The van der Waals surface area contributed by atoms with E-state index in [0.717, 1.165) is 10.4 Å². The minimum Gasteiger partial charge on any atom is -0.465 e. The molecule has 0 bridgehead atoms. The number of rotatable bonds is 6. The second-order valence-corrected chi connectivity index (χ2v) is 13.0. The molecule has 1 amide bonds. The number of ether oxygens (including phenoxy) is 1. The largest absolute Gasteiger partial charge is 0.465 e. The zero-order valence-corrected chi connectivity index (χ0v) is 18.8. The van der Waals surface area contributed by atoms with Crippen LogP contribution in [0.15, 0.2) is 60.7 Å². The third-order valence-electron chi connectivity index (χ3n) is 5.72. The molecule has 0 saturated carbocycles. The first-order chi connectivity index (χ1) is 14.3. The summed E-state index contributed by atoms with van der Waals surface area (Å²) in [5.41, 5.74) is 0. The van der Waals surface area contributed by atoms with E-state index in [1.807, 2.05) is 36.4 Å². The summed E-state index contributed by atoms with van der Waals surface area (Å²) in [4.78, 5) is 13.2. The Bertz CT molecular complexity index is 785. The highest BCUT2D eigenvalue weighted by molar-refractivity contribution is 6.99. The maximum Gasteiger partial charge on any atom is 0.407 e. The van der Waals surface area contributed by atoms with Crippen LogP contribution < -0.4 is 10.4 Å². The van der Waals surface area contributed by atoms with Crippen molar-refractivity contribution < 1.29 is 24.2 Å². The number of carboxylic acid groups (broad SMARTS) is 1. The fourth-order valence-electron chi connectivity index (χ4n) is 4.22. The Kier molecular flexibility index (Phi) is 6.97. The number of hydrogen-bond acceptors (Lipinski definition) is 4. The zero-order valence-electron chi connectivity index (χ0n) is 17.8. The summed E-state index contributed by atoms with van der Waals surface area (Å²) in [6.45, 7) is 6.94. The van der Waals surface area contributed by atoms with E-state index in [0.29, 0.717) is 0 Å². The molecule has 0 radical (unpaired) electrons. The molecule has 1 saturated heterocycles. The molecule has 0 unspecified atom stereocenters. The van der Waals surface area contributed by atoms with E-state index in [-0.39, 0.29) is 31.4 Å². The summed E-state index contributed by atoms with van der Waals surface area (Å²) in [7, 11) is -2.75. The molecule has 0 aromatic heterocycles. The Labute approximate surface area is 179 Å². The topological polar surface area (TPSA) is 79.2 Å². The number of morpholine rings is 1. The molecule has 6 nitrogen and oxygen atoms in total. The summed E-state index contributed by atoms with van der Waals surface area (Å²) in [5, 5.41) is 21.2. The second kappa shape index (κ2) is 9.30. The van der Waals surface area contributed by atoms with Crippen molar-refractivity contribution in [1.82, 2.24) is 4.90 Å². The van der Waals surface area contributed by atoms with E-state index in [1.54, 1.807) is 0 Å². The third-order valence-corrected chi connectivity index (χ3v) is 10.7. The SMILES string of the molecule is CC(C)(C)[Si](OC[C@@H]1CO[C@@H](CO)CN1C(=O)O)(c1ccccc1)c1ccccc1. The molecule has 7 heteroatoms. The minimum absolute atomic E-state index is 0.139. The molecular weight excluding hydrogens is 398 g/mol. The van der Waals surface area contributed by atoms with Gasteiger partial charge in [0.05, 0.1) is 38.5 Å². The molecule has 0 aliphatic carbocycles. The van der Waals surface area contributed by atoms with Crippen molar-refractivity contribution >= 4 is 24.8 Å². The lowest BCUT2D eigenvalue weighted by Crippen LogP contribution is -2.68. The maximum absolute atomic E-state index is 11.8. The van der Waals surface area contributed by atoms with E-state index in [2.05, 4.69) is 45.0 Å². The average molecular weight is 430 g/mol. The van der Waals surface area contributed by atoms with Crippen LogP contribution in [0.5, 0.6) is 0 Å². The molecule has 2 aromatic rings. The van der Waals surface area contributed by atoms with Gasteiger partial charge in [-0.2, -0.15) is 0 Å². The molecule has 2 atom stereocenters. The van der Waals surface area contributed by atoms with Gasteiger partial charge in [0.15, 0.2) is 0 Å². The predicted octanol–water partition coefficient (Wildman–Crippen LogP) is 2.30. The highest BCUT2D eigenvalue weighted by Gasteiger charge is 2.50. The molecular formula is C23H31NO5Si. The molecule has 1 heterocycles. The summed E-state index contributed by atoms with van der Waals surface area (Å²) < 4.78 is 12.5. The van der Waals surface area contributed by atoms with Crippen molar-refractivity contribution in [3.05, 3.63) is 60.7 Å². The Balaban J connectivity index is 1.98. The molecule has 2 aromatic carbocycles. The number of benzene rings is 2. The van der Waals surface area contributed by atoms with Gasteiger partial charge in [-0.1, -0.05) is 81.4 Å². The molecule has 1 aliphatic heterocycles. The van der Waals surface area contributed by atoms with Crippen molar-refractivity contribution in [3.63, 3.8) is 0 Å². The van der Waals surface area contributed by atoms with Gasteiger partial charge in [0, 0.05) is 0 Å². The van der Waals surface area contributed by atoms with E-state index in [4.69, 9.17) is 9.16 Å². The summed E-state index contributed by atoms with van der Waals surface area (Å²) >= 11 is 0. The first-order valence-electron chi connectivity index (χ1n) is 10.3. The number of aliphatic hydroxyl groups excluding tert-OH is 1. The normalized spacial score (nSPS) is 20.2. The molecule has 1 fully saturated rings. The minimum atomic E-state index is -2.75. The third kappa shape index (κ3) is 4.44. The lowest BCUT2D eigenvalue weighted by atomic mass is 10.2. The zero-order chi connectivity index (χ0) is 21.8. The highest BCUT2D eigenvalue weighted by atomic mass is 28.4. The van der Waals surface area contributed by atoms with Gasteiger partial charge in [-0.15, -0.1) is 0 Å². The molecule has 30 heavy (non-hydrogen) atoms. The van der Waals surface area contributed by atoms with E-state index in [9.17, 15) is 15.0 Å². The van der Waals surface area contributed by atoms with Crippen LogP contribution in [0.3, 0.4) is 0 Å². The van der Waals surface area contributed by atoms with Gasteiger partial charge in [-0.25, -0.2) is 4.79 Å². The van der Waals surface area contributed by atoms with Gasteiger partial charge in [0.1, 0.15) is 0 Å². The summed E-state index contributed by atoms with van der Waals surface area (Å²) in [5.74, 6) is 0. The second-order valence-electron chi connectivity index (χ2n) is 8.70. The quantitative estimate of drug-likeness (QED) is 0.689. The smallest absolute Gasteiger partial charge is 0.407 e. The molecule has 2 N–H and O–H groups in total. The molecule has 0 spiro atoms. The van der Waals surface area contributed by atoms with E-state index < -0.39 is 26.6 Å². The number of amides is 1. The fraction of sp³-hybridized carbons (Fsp3) is 0.435. The number of carbonyl (C=O) groups is 1. The molecule has 162 valence electrons. The van der Waals surface area contributed by atoms with Crippen LogP contribution in [0.25, 0.3) is 0 Å². The van der Waals surface area contributed by atoms with Crippen LogP contribution >= 0.6 is 0 Å². The lowest BCUT2D eigenvalue weighted by molar-refractivity contribution is -0.0816. The van der Waals surface area contributed by atoms with Crippen molar-refractivity contribution in [2.75, 3.05) is 26.4 Å². The Morgan fingerprint density at radius 1 is 1.10 bits per heavy atom. The van der Waals surface area contributed by atoms with Gasteiger partial charge in [-0.05, 0) is 15.4 Å². The average Bonchev–Trinajstić information content (AvgIpc) is 2.74. The van der Waals surface area contributed by atoms with Gasteiger partial charge in [0.2, 0.25) is 0 Å².